The van der Waals surface area contributed by atoms with Crippen molar-refractivity contribution >= 4 is 17.6 Å². The number of piperidine rings is 1. The molecule has 4 heterocycles. The Kier molecular flexibility index (Phi) is 6.64. The first kappa shape index (κ1) is 27.4. The Hall–Kier alpha value is -3.20. The second-order valence-electron chi connectivity index (χ2n) is 10.1. The first-order valence-corrected chi connectivity index (χ1v) is 12.3. The Morgan fingerprint density at radius 3 is 2.18 bits per heavy atom. The van der Waals surface area contributed by atoms with E-state index in [0.29, 0.717) is 18.5 Å². The van der Waals surface area contributed by atoms with Gasteiger partial charge in [0.1, 0.15) is 5.69 Å². The normalized spacial score (nSPS) is 20.1. The van der Waals surface area contributed by atoms with E-state index in [1.54, 1.807) is 0 Å². The summed E-state index contributed by atoms with van der Waals surface area (Å²) in [7, 11) is 0. The third-order valence-corrected chi connectivity index (χ3v) is 7.52. The highest BCUT2D eigenvalue weighted by Crippen LogP contribution is 2.42. The molecule has 0 bridgehead atoms. The van der Waals surface area contributed by atoms with Crippen LogP contribution < -0.4 is 0 Å². The van der Waals surface area contributed by atoms with Gasteiger partial charge in [-0.3, -0.25) is 4.79 Å². The van der Waals surface area contributed by atoms with E-state index in [0.717, 1.165) is 22.3 Å². The molecule has 0 atom stereocenters. The van der Waals surface area contributed by atoms with Crippen molar-refractivity contribution in [1.29, 1.82) is 0 Å². The maximum Gasteiger partial charge on any atom is 0.434 e. The number of hydrogen-bond acceptors (Lipinski definition) is 5. The van der Waals surface area contributed by atoms with E-state index in [1.807, 2.05) is 0 Å². The van der Waals surface area contributed by atoms with Crippen LogP contribution in [0.4, 0.5) is 39.9 Å². The Labute approximate surface area is 215 Å². The van der Waals surface area contributed by atoms with E-state index in [4.69, 9.17) is 0 Å². The van der Waals surface area contributed by atoms with Gasteiger partial charge in [-0.1, -0.05) is 0 Å². The van der Waals surface area contributed by atoms with Crippen LogP contribution in [0.15, 0.2) is 12.1 Å². The van der Waals surface area contributed by atoms with Gasteiger partial charge in [-0.25, -0.2) is 23.1 Å². The van der Waals surface area contributed by atoms with Gasteiger partial charge >= 0.3 is 18.4 Å². The first-order valence-electron chi connectivity index (χ1n) is 12.3. The molecule has 3 fully saturated rings. The SMILES string of the molecule is O=C(OC(C(F)(F)F)C(F)(F)F)N1CCC2(CCCN2C(=O)c2cc3nc(C4CC4)cc(C(F)F)n3n2)CC1. The van der Waals surface area contributed by atoms with Gasteiger partial charge in [0.15, 0.2) is 11.3 Å². The molecular weight excluding hydrogens is 546 g/mol. The molecule has 1 saturated carbocycles. The van der Waals surface area contributed by atoms with E-state index >= 15 is 0 Å². The number of likely N-dealkylation sites (tertiary alicyclic amines) is 2. The number of halogens is 8. The lowest BCUT2D eigenvalue weighted by Gasteiger charge is -2.44. The molecule has 8 nitrogen and oxygen atoms in total. The topological polar surface area (TPSA) is 80.0 Å². The first-order chi connectivity index (χ1) is 18.2. The molecule has 0 unspecified atom stereocenters. The molecule has 0 radical (unpaired) electrons. The van der Waals surface area contributed by atoms with E-state index in [2.05, 4.69) is 14.8 Å². The standard InChI is InChI=1S/C23H23F8N5O3/c24-17(25)15-10-13(12-2-3-12)32-16-11-14(33-36(15)16)18(37)35-7-1-4-21(35)5-8-34(9-6-21)20(38)39-19(22(26,27)28)23(29,30)31/h10-12,17,19H,1-9H2. The smallest absolute Gasteiger partial charge is 0.426 e. The largest absolute Gasteiger partial charge is 0.434 e. The number of hydrogen-bond donors (Lipinski definition) is 0. The molecule has 1 aliphatic carbocycles. The minimum absolute atomic E-state index is 0.0796. The van der Waals surface area contributed by atoms with Crippen molar-refractivity contribution in [2.24, 2.45) is 0 Å². The van der Waals surface area contributed by atoms with Crippen LogP contribution in [-0.2, 0) is 4.74 Å². The maximum atomic E-state index is 13.7. The summed E-state index contributed by atoms with van der Waals surface area (Å²) >= 11 is 0. The molecule has 0 aromatic carbocycles. The number of nitrogens with zero attached hydrogens (tertiary/aromatic N) is 5. The summed E-state index contributed by atoms with van der Waals surface area (Å²) in [5.41, 5.74) is -0.715. The quantitative estimate of drug-likeness (QED) is 0.471. The lowest BCUT2D eigenvalue weighted by atomic mass is 9.85. The Balaban J connectivity index is 1.31. The van der Waals surface area contributed by atoms with Crippen molar-refractivity contribution in [2.45, 2.75) is 74.9 Å². The summed E-state index contributed by atoms with van der Waals surface area (Å²) in [4.78, 5) is 32.2. The van der Waals surface area contributed by atoms with Crippen LogP contribution in [0.1, 0.15) is 72.7 Å². The average Bonchev–Trinajstić information content (AvgIpc) is 3.49. The van der Waals surface area contributed by atoms with Crippen molar-refractivity contribution in [1.82, 2.24) is 24.4 Å². The fourth-order valence-electron chi connectivity index (χ4n) is 5.38. The summed E-state index contributed by atoms with van der Waals surface area (Å²) in [5, 5.41) is 4.08. The highest BCUT2D eigenvalue weighted by atomic mass is 19.4. The second-order valence-corrected chi connectivity index (χ2v) is 10.1. The predicted octanol–water partition coefficient (Wildman–Crippen LogP) is 5.24. The molecule has 1 spiro atoms. The Bertz CT molecular complexity index is 1250. The zero-order chi connectivity index (χ0) is 28.3. The van der Waals surface area contributed by atoms with Crippen LogP contribution >= 0.6 is 0 Å². The zero-order valence-electron chi connectivity index (χ0n) is 20.2. The van der Waals surface area contributed by atoms with Gasteiger partial charge in [-0.05, 0) is 44.6 Å². The number of ether oxygens (including phenoxy) is 1. The molecular formula is C23H23F8N5O3. The molecule has 39 heavy (non-hydrogen) atoms. The third kappa shape index (κ3) is 5.21. The van der Waals surface area contributed by atoms with Gasteiger partial charge in [-0.2, -0.15) is 31.4 Å². The van der Waals surface area contributed by atoms with Crippen molar-refractivity contribution < 1.29 is 49.4 Å². The van der Waals surface area contributed by atoms with Crippen molar-refractivity contribution in [3.8, 4) is 0 Å². The molecule has 3 aliphatic rings. The zero-order valence-corrected chi connectivity index (χ0v) is 20.2. The van der Waals surface area contributed by atoms with Gasteiger partial charge in [0, 0.05) is 42.9 Å². The maximum absolute atomic E-state index is 13.7. The number of amides is 2. The van der Waals surface area contributed by atoms with Crippen LogP contribution in [0.2, 0.25) is 0 Å². The van der Waals surface area contributed by atoms with Crippen molar-refractivity contribution in [3.63, 3.8) is 0 Å². The average molecular weight is 569 g/mol. The van der Waals surface area contributed by atoms with Crippen LogP contribution in [-0.4, -0.2) is 80.0 Å². The molecule has 214 valence electrons. The summed E-state index contributed by atoms with van der Waals surface area (Å²) in [6, 6.07) is 2.61. The number of carbonyl (C=O) groups is 2. The summed E-state index contributed by atoms with van der Waals surface area (Å²) in [5.74, 6) is -0.473. The van der Waals surface area contributed by atoms with Gasteiger partial charge in [-0.15, -0.1) is 0 Å². The summed E-state index contributed by atoms with van der Waals surface area (Å²) in [6.45, 7) is -0.195. The van der Waals surface area contributed by atoms with E-state index in [-0.39, 0.29) is 55.4 Å². The highest BCUT2D eigenvalue weighted by molar-refractivity contribution is 5.94. The molecule has 2 saturated heterocycles. The van der Waals surface area contributed by atoms with Crippen LogP contribution in [0.25, 0.3) is 5.65 Å². The lowest BCUT2D eigenvalue weighted by Crippen LogP contribution is -2.56. The Morgan fingerprint density at radius 2 is 1.62 bits per heavy atom. The molecule has 2 aromatic rings. The monoisotopic (exact) mass is 569 g/mol. The number of alkyl halides is 8. The molecule has 2 aromatic heterocycles. The van der Waals surface area contributed by atoms with E-state index < -0.39 is 42.4 Å². The molecule has 2 amide bonds. The van der Waals surface area contributed by atoms with Gasteiger partial charge in [0.25, 0.3) is 18.4 Å². The minimum Gasteiger partial charge on any atom is -0.426 e. The van der Waals surface area contributed by atoms with E-state index in [1.165, 1.54) is 17.0 Å². The molecule has 0 N–H and O–H groups in total. The molecule has 16 heteroatoms. The van der Waals surface area contributed by atoms with Crippen molar-refractivity contribution in [3.05, 3.63) is 29.2 Å². The van der Waals surface area contributed by atoms with Gasteiger partial charge < -0.3 is 14.5 Å². The number of carbonyl (C=O) groups excluding carboxylic acids is 2. The number of aromatic nitrogens is 3. The number of fused-ring (bicyclic) bond motifs is 1. The third-order valence-electron chi connectivity index (χ3n) is 7.52. The van der Waals surface area contributed by atoms with Crippen molar-refractivity contribution in [2.75, 3.05) is 19.6 Å². The molecule has 5 rings (SSSR count). The van der Waals surface area contributed by atoms with Gasteiger partial charge in [0.05, 0.1) is 0 Å². The predicted molar refractivity (Wildman–Crippen MR) is 116 cm³/mol. The summed E-state index contributed by atoms with van der Waals surface area (Å²) < 4.78 is 109. The Morgan fingerprint density at radius 1 is 0.974 bits per heavy atom. The lowest BCUT2D eigenvalue weighted by molar-refractivity contribution is -0.308. The van der Waals surface area contributed by atoms with Crippen LogP contribution in [0.3, 0.4) is 0 Å². The minimum atomic E-state index is -5.83. The molecule has 2 aliphatic heterocycles. The highest BCUT2D eigenvalue weighted by Gasteiger charge is 2.60. The van der Waals surface area contributed by atoms with Gasteiger partial charge in [0.2, 0.25) is 0 Å². The fraction of sp³-hybridized carbons (Fsp3) is 0.652. The van der Waals surface area contributed by atoms with Crippen LogP contribution in [0, 0.1) is 0 Å². The van der Waals surface area contributed by atoms with E-state index in [9.17, 15) is 44.7 Å². The number of rotatable bonds is 4. The summed E-state index contributed by atoms with van der Waals surface area (Å²) in [6.07, 6.45) is -17.6. The van der Waals surface area contributed by atoms with Crippen LogP contribution in [0.5, 0.6) is 0 Å². The second kappa shape index (κ2) is 9.47. The fourth-order valence-corrected chi connectivity index (χ4v) is 5.38.